The summed E-state index contributed by atoms with van der Waals surface area (Å²) in [5.41, 5.74) is 1.19. The van der Waals surface area contributed by atoms with E-state index in [4.69, 9.17) is 4.74 Å². The molecule has 2 nitrogen and oxygen atoms in total. The first-order valence-corrected chi connectivity index (χ1v) is 5.24. The molecule has 0 N–H and O–H groups in total. The van der Waals surface area contributed by atoms with Crippen molar-refractivity contribution in [1.29, 1.82) is 0 Å². The van der Waals surface area contributed by atoms with E-state index in [1.807, 2.05) is 18.5 Å². The van der Waals surface area contributed by atoms with Crippen molar-refractivity contribution in [1.82, 2.24) is 4.98 Å². The molecule has 0 spiro atoms. The Kier molecular flexibility index (Phi) is 1.80. The number of pyridine rings is 1. The molecule has 0 unspecified atom stereocenters. The Balaban J connectivity index is 2.27. The quantitative estimate of drug-likeness (QED) is 0.742. The molecule has 15 heavy (non-hydrogen) atoms. The molecular formula is C13H13NO. The van der Waals surface area contributed by atoms with Crippen molar-refractivity contribution in [2.24, 2.45) is 0 Å². The number of benzene rings is 1. The van der Waals surface area contributed by atoms with Gasteiger partial charge >= 0.3 is 0 Å². The van der Waals surface area contributed by atoms with Gasteiger partial charge in [0, 0.05) is 30.5 Å². The Morgan fingerprint density at radius 1 is 1.20 bits per heavy atom. The van der Waals surface area contributed by atoms with Crippen molar-refractivity contribution in [3.63, 3.8) is 0 Å². The monoisotopic (exact) mass is 199 g/mol. The number of hydrogen-bond donors (Lipinski definition) is 0. The number of ether oxygens (including phenoxy) is 1. The number of hydrogen-bond acceptors (Lipinski definition) is 2. The molecule has 0 atom stereocenters. The van der Waals surface area contributed by atoms with Gasteiger partial charge in [-0.05, 0) is 18.2 Å². The van der Waals surface area contributed by atoms with Crippen molar-refractivity contribution < 1.29 is 4.74 Å². The van der Waals surface area contributed by atoms with Crippen LogP contribution < -0.4 is 0 Å². The van der Waals surface area contributed by atoms with Crippen LogP contribution >= 0.6 is 0 Å². The van der Waals surface area contributed by atoms with Crippen LogP contribution in [0.4, 0.5) is 0 Å². The minimum atomic E-state index is -0.0478. The number of fused-ring (bicyclic) bond motifs is 1. The van der Waals surface area contributed by atoms with Crippen molar-refractivity contribution in [3.05, 3.63) is 42.2 Å². The van der Waals surface area contributed by atoms with Crippen LogP contribution in [0.2, 0.25) is 0 Å². The van der Waals surface area contributed by atoms with Gasteiger partial charge in [0.1, 0.15) is 0 Å². The summed E-state index contributed by atoms with van der Waals surface area (Å²) < 4.78 is 5.60. The second-order valence-corrected chi connectivity index (χ2v) is 4.11. The first-order chi connectivity index (χ1) is 7.36. The van der Waals surface area contributed by atoms with E-state index in [-0.39, 0.29) is 5.60 Å². The lowest BCUT2D eigenvalue weighted by Crippen LogP contribution is -2.09. The summed E-state index contributed by atoms with van der Waals surface area (Å²) in [6.45, 7) is 0. The van der Waals surface area contributed by atoms with Crippen LogP contribution in [-0.4, -0.2) is 12.1 Å². The summed E-state index contributed by atoms with van der Waals surface area (Å²) in [6.07, 6.45) is 6.07. The molecule has 3 rings (SSSR count). The molecular weight excluding hydrogens is 186 g/mol. The molecule has 1 saturated carbocycles. The van der Waals surface area contributed by atoms with E-state index in [1.165, 1.54) is 16.3 Å². The lowest BCUT2D eigenvalue weighted by Gasteiger charge is -2.15. The molecule has 76 valence electrons. The van der Waals surface area contributed by atoms with Gasteiger partial charge in [0.05, 0.1) is 5.60 Å². The second-order valence-electron chi connectivity index (χ2n) is 4.11. The van der Waals surface area contributed by atoms with Crippen LogP contribution in [0.1, 0.15) is 18.4 Å². The average Bonchev–Trinajstić information content (AvgIpc) is 3.09. The smallest absolute Gasteiger partial charge is 0.0950 e. The zero-order valence-electron chi connectivity index (χ0n) is 8.73. The normalized spacial score (nSPS) is 17.9. The summed E-state index contributed by atoms with van der Waals surface area (Å²) in [6, 6.07) is 8.35. The van der Waals surface area contributed by atoms with Gasteiger partial charge in [0.15, 0.2) is 0 Å². The van der Waals surface area contributed by atoms with E-state index in [2.05, 4.69) is 23.2 Å². The van der Waals surface area contributed by atoms with Crippen LogP contribution in [0.25, 0.3) is 10.8 Å². The summed E-state index contributed by atoms with van der Waals surface area (Å²) >= 11 is 0. The molecule has 0 radical (unpaired) electrons. The fraction of sp³-hybridized carbons (Fsp3) is 0.308. The highest BCUT2D eigenvalue weighted by Crippen LogP contribution is 2.50. The molecule has 0 aliphatic heterocycles. The van der Waals surface area contributed by atoms with Crippen LogP contribution in [0, 0.1) is 0 Å². The summed E-state index contributed by atoms with van der Waals surface area (Å²) in [4.78, 5) is 4.29. The van der Waals surface area contributed by atoms with Gasteiger partial charge in [-0.15, -0.1) is 0 Å². The SMILES string of the molecule is COC1(c2cncc3ccccc23)CC1. The first-order valence-electron chi connectivity index (χ1n) is 5.24. The maximum atomic E-state index is 5.60. The highest BCUT2D eigenvalue weighted by molar-refractivity contribution is 5.85. The van der Waals surface area contributed by atoms with Crippen molar-refractivity contribution in [2.75, 3.05) is 7.11 Å². The zero-order chi connectivity index (χ0) is 10.3. The van der Waals surface area contributed by atoms with E-state index < -0.39 is 0 Å². The van der Waals surface area contributed by atoms with Gasteiger partial charge in [0.2, 0.25) is 0 Å². The molecule has 0 amide bonds. The van der Waals surface area contributed by atoms with Gasteiger partial charge in [-0.3, -0.25) is 4.98 Å². The molecule has 0 saturated heterocycles. The average molecular weight is 199 g/mol. The molecule has 1 aromatic carbocycles. The van der Waals surface area contributed by atoms with E-state index in [1.54, 1.807) is 7.11 Å². The highest BCUT2D eigenvalue weighted by Gasteiger charge is 2.45. The van der Waals surface area contributed by atoms with E-state index >= 15 is 0 Å². The van der Waals surface area contributed by atoms with E-state index in [0.29, 0.717) is 0 Å². The van der Waals surface area contributed by atoms with E-state index in [9.17, 15) is 0 Å². The van der Waals surface area contributed by atoms with Gasteiger partial charge in [-0.2, -0.15) is 0 Å². The predicted octanol–water partition coefficient (Wildman–Crippen LogP) is 2.87. The topological polar surface area (TPSA) is 22.1 Å². The fourth-order valence-electron chi connectivity index (χ4n) is 2.18. The molecule has 2 aromatic rings. The van der Waals surface area contributed by atoms with Crippen LogP contribution in [0.5, 0.6) is 0 Å². The Hall–Kier alpha value is -1.41. The Bertz CT molecular complexity index is 497. The fourth-order valence-corrected chi connectivity index (χ4v) is 2.18. The second kappa shape index (κ2) is 3.04. The summed E-state index contributed by atoms with van der Waals surface area (Å²) in [7, 11) is 1.79. The lowest BCUT2D eigenvalue weighted by atomic mass is 10.0. The maximum absolute atomic E-state index is 5.60. The summed E-state index contributed by atoms with van der Waals surface area (Å²) in [5, 5.41) is 2.46. The van der Waals surface area contributed by atoms with Crippen molar-refractivity contribution in [3.8, 4) is 0 Å². The Morgan fingerprint density at radius 2 is 2.00 bits per heavy atom. The minimum Gasteiger partial charge on any atom is -0.373 e. The maximum Gasteiger partial charge on any atom is 0.0950 e. The molecule has 1 aliphatic carbocycles. The zero-order valence-corrected chi connectivity index (χ0v) is 8.73. The number of aromatic nitrogens is 1. The summed E-state index contributed by atoms with van der Waals surface area (Å²) in [5.74, 6) is 0. The molecule has 2 heteroatoms. The van der Waals surface area contributed by atoms with Gasteiger partial charge in [0.25, 0.3) is 0 Å². The number of nitrogens with zero attached hydrogens (tertiary/aromatic N) is 1. The number of rotatable bonds is 2. The Morgan fingerprint density at radius 3 is 2.73 bits per heavy atom. The lowest BCUT2D eigenvalue weighted by molar-refractivity contribution is 0.0799. The van der Waals surface area contributed by atoms with E-state index in [0.717, 1.165) is 12.8 Å². The molecule has 1 aromatic heterocycles. The van der Waals surface area contributed by atoms with Gasteiger partial charge in [-0.25, -0.2) is 0 Å². The number of methoxy groups -OCH3 is 1. The van der Waals surface area contributed by atoms with Crippen LogP contribution in [0.15, 0.2) is 36.7 Å². The van der Waals surface area contributed by atoms with Gasteiger partial charge < -0.3 is 4.74 Å². The predicted molar refractivity (Wildman–Crippen MR) is 59.7 cm³/mol. The third-order valence-corrected chi connectivity index (χ3v) is 3.25. The first kappa shape index (κ1) is 8.86. The third-order valence-electron chi connectivity index (χ3n) is 3.25. The minimum absolute atomic E-state index is 0.0478. The van der Waals surface area contributed by atoms with Crippen molar-refractivity contribution >= 4 is 10.8 Å². The third kappa shape index (κ3) is 1.25. The standard InChI is InChI=1S/C13H13NO/c1-15-13(6-7-13)12-9-14-8-10-4-2-3-5-11(10)12/h2-5,8-9H,6-7H2,1H3. The Labute approximate surface area is 88.9 Å². The molecule has 0 bridgehead atoms. The van der Waals surface area contributed by atoms with Gasteiger partial charge in [-0.1, -0.05) is 24.3 Å². The largest absolute Gasteiger partial charge is 0.373 e. The van der Waals surface area contributed by atoms with Crippen LogP contribution in [0.3, 0.4) is 0 Å². The molecule has 1 heterocycles. The van der Waals surface area contributed by atoms with Crippen LogP contribution in [-0.2, 0) is 10.3 Å². The molecule has 1 fully saturated rings. The van der Waals surface area contributed by atoms with Crippen molar-refractivity contribution in [2.45, 2.75) is 18.4 Å². The molecule has 1 aliphatic rings. The highest BCUT2D eigenvalue weighted by atomic mass is 16.5.